The number of hydrogen-bond donors (Lipinski definition) is 1. The van der Waals surface area contributed by atoms with Gasteiger partial charge in [-0.1, -0.05) is 42.5 Å². The van der Waals surface area contributed by atoms with Crippen LogP contribution in [-0.2, 0) is 11.3 Å². The van der Waals surface area contributed by atoms with Gasteiger partial charge in [0, 0.05) is 31.0 Å². The highest BCUT2D eigenvalue weighted by molar-refractivity contribution is 6.07. The molecule has 0 spiro atoms. The average molecular weight is 412 g/mol. The molecule has 0 aliphatic carbocycles. The third-order valence-corrected chi connectivity index (χ3v) is 5.96. The lowest BCUT2D eigenvalue weighted by Crippen LogP contribution is -2.45. The Morgan fingerprint density at radius 3 is 2.77 bits per heavy atom. The number of imidazole rings is 1. The second kappa shape index (κ2) is 8.22. The van der Waals surface area contributed by atoms with E-state index >= 15 is 0 Å². The highest BCUT2D eigenvalue weighted by atomic mass is 16.2. The minimum atomic E-state index is -0.204. The van der Waals surface area contributed by atoms with E-state index in [9.17, 15) is 9.59 Å². The minimum Gasteiger partial charge on any atom is -0.350 e. The first-order valence-electron chi connectivity index (χ1n) is 10.7. The van der Waals surface area contributed by atoms with Crippen molar-refractivity contribution >= 4 is 28.2 Å². The first kappa shape index (κ1) is 19.3. The number of nitrogens with zero attached hydrogens (tertiary/aromatic N) is 3. The number of benzene rings is 2. The molecule has 1 saturated heterocycles. The largest absolute Gasteiger partial charge is 0.350 e. The number of pyridine rings is 1. The summed E-state index contributed by atoms with van der Waals surface area (Å²) in [7, 11) is 0. The number of piperidine rings is 1. The van der Waals surface area contributed by atoms with Crippen LogP contribution >= 0.6 is 0 Å². The van der Waals surface area contributed by atoms with Crippen LogP contribution in [0, 0.1) is 5.92 Å². The zero-order chi connectivity index (χ0) is 21.2. The van der Waals surface area contributed by atoms with E-state index in [1.807, 2.05) is 82.4 Å². The van der Waals surface area contributed by atoms with Crippen LogP contribution in [0.2, 0.25) is 0 Å². The van der Waals surface area contributed by atoms with Crippen LogP contribution in [-0.4, -0.2) is 39.2 Å². The molecule has 1 aliphatic rings. The van der Waals surface area contributed by atoms with Gasteiger partial charge in [0.05, 0.1) is 18.2 Å². The van der Waals surface area contributed by atoms with Gasteiger partial charge in [0.1, 0.15) is 5.65 Å². The molecule has 31 heavy (non-hydrogen) atoms. The molecule has 6 heteroatoms. The maximum absolute atomic E-state index is 13.2. The Labute approximate surface area is 180 Å². The predicted molar refractivity (Wildman–Crippen MR) is 120 cm³/mol. The second-order valence-corrected chi connectivity index (χ2v) is 8.03. The van der Waals surface area contributed by atoms with E-state index < -0.39 is 0 Å². The molecule has 1 atom stereocenters. The molecule has 0 radical (unpaired) electrons. The average Bonchev–Trinajstić information content (AvgIpc) is 3.25. The molecule has 1 aliphatic heterocycles. The van der Waals surface area contributed by atoms with Crippen LogP contribution in [0.25, 0.3) is 16.4 Å². The van der Waals surface area contributed by atoms with Crippen molar-refractivity contribution in [3.8, 4) is 0 Å². The van der Waals surface area contributed by atoms with Crippen LogP contribution < -0.4 is 5.32 Å². The van der Waals surface area contributed by atoms with Gasteiger partial charge < -0.3 is 14.6 Å². The zero-order valence-electron chi connectivity index (χ0n) is 17.2. The van der Waals surface area contributed by atoms with Gasteiger partial charge in [-0.25, -0.2) is 4.98 Å². The van der Waals surface area contributed by atoms with Gasteiger partial charge >= 0.3 is 0 Å². The Hall–Kier alpha value is -3.67. The molecule has 156 valence electrons. The number of fused-ring (bicyclic) bond motifs is 2. The van der Waals surface area contributed by atoms with E-state index in [-0.39, 0.29) is 17.7 Å². The molecule has 5 rings (SSSR count). The van der Waals surface area contributed by atoms with Crippen LogP contribution in [0.15, 0.2) is 73.1 Å². The molecule has 3 heterocycles. The molecule has 6 nitrogen and oxygen atoms in total. The van der Waals surface area contributed by atoms with Gasteiger partial charge in [0.2, 0.25) is 5.91 Å². The highest BCUT2D eigenvalue weighted by Crippen LogP contribution is 2.23. The number of rotatable bonds is 4. The van der Waals surface area contributed by atoms with Gasteiger partial charge in [0.15, 0.2) is 0 Å². The zero-order valence-corrected chi connectivity index (χ0v) is 17.2. The first-order chi connectivity index (χ1) is 15.2. The van der Waals surface area contributed by atoms with Crippen molar-refractivity contribution in [3.05, 3.63) is 84.3 Å². The Balaban J connectivity index is 1.26. The molecular formula is C25H24N4O2. The summed E-state index contributed by atoms with van der Waals surface area (Å²) >= 11 is 0. The van der Waals surface area contributed by atoms with Gasteiger partial charge in [-0.3, -0.25) is 9.59 Å². The van der Waals surface area contributed by atoms with Crippen molar-refractivity contribution in [2.24, 2.45) is 5.92 Å². The fraction of sp³-hybridized carbons (Fsp3) is 0.240. The van der Waals surface area contributed by atoms with Crippen LogP contribution in [0.4, 0.5) is 0 Å². The summed E-state index contributed by atoms with van der Waals surface area (Å²) in [5, 5.41) is 5.01. The Kier molecular flexibility index (Phi) is 5.12. The maximum Gasteiger partial charge on any atom is 0.254 e. The molecule has 0 unspecified atom stereocenters. The molecular weight excluding hydrogens is 388 g/mol. The van der Waals surface area contributed by atoms with Gasteiger partial charge in [-0.05, 0) is 41.8 Å². The number of carbonyl (C=O) groups is 2. The van der Waals surface area contributed by atoms with Crippen molar-refractivity contribution in [2.75, 3.05) is 13.1 Å². The first-order valence-corrected chi connectivity index (χ1v) is 10.7. The standard InChI is InChI=1S/C25H24N4O2/c30-24(26-15-20-17-28-13-4-3-12-23(28)27-20)19-9-6-14-29(16-19)25(31)22-11-5-8-18-7-1-2-10-21(18)22/h1-5,7-8,10-13,17,19H,6,9,14-16H2,(H,26,30)/t19-/m0/s1. The number of nitrogens with one attached hydrogen (secondary N) is 1. The van der Waals surface area contributed by atoms with Crippen molar-refractivity contribution in [2.45, 2.75) is 19.4 Å². The van der Waals surface area contributed by atoms with Crippen molar-refractivity contribution in [3.63, 3.8) is 0 Å². The monoisotopic (exact) mass is 412 g/mol. The van der Waals surface area contributed by atoms with Gasteiger partial charge in [-0.2, -0.15) is 0 Å². The summed E-state index contributed by atoms with van der Waals surface area (Å²) in [6.45, 7) is 1.51. The van der Waals surface area contributed by atoms with E-state index in [1.54, 1.807) is 0 Å². The predicted octanol–water partition coefficient (Wildman–Crippen LogP) is 3.66. The number of amides is 2. The lowest BCUT2D eigenvalue weighted by molar-refractivity contribution is -0.126. The van der Waals surface area contributed by atoms with Gasteiger partial charge in [-0.15, -0.1) is 0 Å². The molecule has 2 amide bonds. The number of likely N-dealkylation sites (tertiary alicyclic amines) is 1. The molecule has 4 aromatic rings. The summed E-state index contributed by atoms with van der Waals surface area (Å²) in [6, 6.07) is 19.5. The maximum atomic E-state index is 13.2. The lowest BCUT2D eigenvalue weighted by atomic mass is 9.95. The van der Waals surface area contributed by atoms with Crippen molar-refractivity contribution in [1.29, 1.82) is 0 Å². The van der Waals surface area contributed by atoms with Crippen molar-refractivity contribution < 1.29 is 9.59 Å². The van der Waals surface area contributed by atoms with E-state index in [0.29, 0.717) is 25.2 Å². The smallest absolute Gasteiger partial charge is 0.254 e. The minimum absolute atomic E-state index is 0.00495. The Morgan fingerprint density at radius 2 is 1.87 bits per heavy atom. The third kappa shape index (κ3) is 3.89. The summed E-state index contributed by atoms with van der Waals surface area (Å²) < 4.78 is 1.94. The molecule has 2 aromatic heterocycles. The Morgan fingerprint density at radius 1 is 1.03 bits per heavy atom. The summed E-state index contributed by atoms with van der Waals surface area (Å²) in [5.41, 5.74) is 2.37. The normalized spacial score (nSPS) is 16.5. The third-order valence-electron chi connectivity index (χ3n) is 5.96. The lowest BCUT2D eigenvalue weighted by Gasteiger charge is -2.32. The SMILES string of the molecule is O=C(NCc1cn2ccccc2n1)[C@H]1CCCN(C(=O)c2cccc3ccccc23)C1. The number of aromatic nitrogens is 2. The molecule has 2 aromatic carbocycles. The summed E-state index contributed by atoms with van der Waals surface area (Å²) in [6.07, 6.45) is 5.47. The topological polar surface area (TPSA) is 66.7 Å². The molecule has 1 N–H and O–H groups in total. The fourth-order valence-corrected chi connectivity index (χ4v) is 4.35. The molecule has 0 bridgehead atoms. The van der Waals surface area contributed by atoms with Gasteiger partial charge in [0.25, 0.3) is 5.91 Å². The number of hydrogen-bond acceptors (Lipinski definition) is 3. The summed E-state index contributed by atoms with van der Waals surface area (Å²) in [4.78, 5) is 32.4. The van der Waals surface area contributed by atoms with Crippen LogP contribution in [0.3, 0.4) is 0 Å². The van der Waals surface area contributed by atoms with Crippen LogP contribution in [0.5, 0.6) is 0 Å². The number of carbonyl (C=O) groups excluding carboxylic acids is 2. The quantitative estimate of drug-likeness (QED) is 0.556. The van der Waals surface area contributed by atoms with Crippen LogP contribution in [0.1, 0.15) is 28.9 Å². The highest BCUT2D eigenvalue weighted by Gasteiger charge is 2.29. The fourth-order valence-electron chi connectivity index (χ4n) is 4.35. The second-order valence-electron chi connectivity index (χ2n) is 8.03. The van der Waals surface area contributed by atoms with E-state index in [0.717, 1.165) is 35.0 Å². The molecule has 0 saturated carbocycles. The van der Waals surface area contributed by atoms with E-state index in [2.05, 4.69) is 10.3 Å². The summed E-state index contributed by atoms with van der Waals surface area (Å²) in [5.74, 6) is -0.230. The van der Waals surface area contributed by atoms with E-state index in [4.69, 9.17) is 0 Å². The molecule has 1 fully saturated rings. The van der Waals surface area contributed by atoms with E-state index in [1.165, 1.54) is 0 Å². The Bertz CT molecular complexity index is 1220. The van der Waals surface area contributed by atoms with Crippen molar-refractivity contribution in [1.82, 2.24) is 19.6 Å².